The zero-order chi connectivity index (χ0) is 25.5. The Balaban J connectivity index is 1.94. The van der Waals surface area contributed by atoms with E-state index in [0.717, 1.165) is 5.56 Å². The van der Waals surface area contributed by atoms with Gasteiger partial charge in [0.15, 0.2) is 0 Å². The quantitative estimate of drug-likeness (QED) is 0.688. The van der Waals surface area contributed by atoms with Crippen molar-refractivity contribution in [3.8, 4) is 5.75 Å². The third-order valence-corrected chi connectivity index (χ3v) is 6.46. The summed E-state index contributed by atoms with van der Waals surface area (Å²) in [6.07, 6.45) is 0.167. The van der Waals surface area contributed by atoms with E-state index >= 15 is 0 Å². The van der Waals surface area contributed by atoms with Crippen molar-refractivity contribution in [1.29, 1.82) is 0 Å². The Morgan fingerprint density at radius 3 is 2.66 bits per heavy atom. The number of halogens is 1. The molecular formula is C27H36FN3O4. The van der Waals surface area contributed by atoms with Gasteiger partial charge in [0.05, 0.1) is 11.7 Å². The summed E-state index contributed by atoms with van der Waals surface area (Å²) in [5, 5.41) is 2.82. The second-order valence-electron chi connectivity index (χ2n) is 9.27. The van der Waals surface area contributed by atoms with Crippen LogP contribution in [-0.2, 0) is 16.1 Å². The van der Waals surface area contributed by atoms with Crippen molar-refractivity contribution in [2.45, 2.75) is 45.9 Å². The molecule has 3 rings (SSSR count). The number of carbonyl (C=O) groups excluding carboxylic acids is 2. The molecule has 1 heterocycles. The van der Waals surface area contributed by atoms with Gasteiger partial charge in [-0.3, -0.25) is 14.5 Å². The highest BCUT2D eigenvalue weighted by Gasteiger charge is 2.28. The van der Waals surface area contributed by atoms with E-state index in [1.165, 1.54) is 6.07 Å². The number of nitrogens with one attached hydrogen (secondary N) is 1. The molecule has 0 aliphatic carbocycles. The smallest absolute Gasteiger partial charge is 0.257 e. The first-order chi connectivity index (χ1) is 16.7. The fourth-order valence-electron chi connectivity index (χ4n) is 4.26. The monoisotopic (exact) mass is 485 g/mol. The average Bonchev–Trinajstić information content (AvgIpc) is 2.84. The van der Waals surface area contributed by atoms with Gasteiger partial charge in [0.1, 0.15) is 18.2 Å². The van der Waals surface area contributed by atoms with Gasteiger partial charge < -0.3 is 19.7 Å². The van der Waals surface area contributed by atoms with E-state index in [4.69, 9.17) is 9.47 Å². The molecule has 8 heteroatoms. The van der Waals surface area contributed by atoms with Gasteiger partial charge in [0, 0.05) is 58.0 Å². The van der Waals surface area contributed by atoms with Gasteiger partial charge in [-0.15, -0.1) is 0 Å². The third kappa shape index (κ3) is 7.02. The van der Waals surface area contributed by atoms with Gasteiger partial charge in [-0.2, -0.15) is 0 Å². The lowest BCUT2D eigenvalue weighted by atomic mass is 10.0. The number of likely N-dealkylation sites (N-methyl/N-ethyl adjacent to an activating group) is 1. The number of carbonyl (C=O) groups is 2. The minimum absolute atomic E-state index is 0.0350. The van der Waals surface area contributed by atoms with Gasteiger partial charge in [0.25, 0.3) is 5.91 Å². The van der Waals surface area contributed by atoms with Crippen LogP contribution in [-0.4, -0.2) is 67.6 Å². The van der Waals surface area contributed by atoms with E-state index in [9.17, 15) is 14.0 Å². The normalized spacial score (nSPS) is 21.9. The second kappa shape index (κ2) is 12.1. The fraction of sp³-hybridized carbons (Fsp3) is 0.481. The summed E-state index contributed by atoms with van der Waals surface area (Å²) in [7, 11) is 3.40. The molecule has 1 N–H and O–H groups in total. The number of anilines is 1. The molecular weight excluding hydrogens is 449 g/mol. The molecule has 0 spiro atoms. The molecule has 190 valence electrons. The molecule has 0 saturated carbocycles. The van der Waals surface area contributed by atoms with E-state index in [-0.39, 0.29) is 35.7 Å². The van der Waals surface area contributed by atoms with Crippen molar-refractivity contribution >= 4 is 17.5 Å². The fourth-order valence-corrected chi connectivity index (χ4v) is 4.26. The predicted molar refractivity (Wildman–Crippen MR) is 134 cm³/mol. The minimum atomic E-state index is -0.265. The summed E-state index contributed by atoms with van der Waals surface area (Å²) < 4.78 is 25.8. The zero-order valence-corrected chi connectivity index (χ0v) is 21.2. The molecule has 2 aromatic carbocycles. The average molecular weight is 486 g/mol. The van der Waals surface area contributed by atoms with Crippen LogP contribution in [0.25, 0.3) is 0 Å². The molecule has 0 unspecified atom stereocenters. The molecule has 35 heavy (non-hydrogen) atoms. The summed E-state index contributed by atoms with van der Waals surface area (Å²) in [5.74, 6) is -0.0347. The van der Waals surface area contributed by atoms with Crippen LogP contribution in [0, 0.1) is 11.7 Å². The van der Waals surface area contributed by atoms with Crippen LogP contribution in [0.1, 0.15) is 43.1 Å². The van der Waals surface area contributed by atoms with Crippen molar-refractivity contribution in [2.24, 2.45) is 5.92 Å². The highest BCUT2D eigenvalue weighted by molar-refractivity contribution is 5.98. The Labute approximate surface area is 207 Å². The van der Waals surface area contributed by atoms with Crippen molar-refractivity contribution in [3.63, 3.8) is 0 Å². The van der Waals surface area contributed by atoms with Crippen molar-refractivity contribution in [2.75, 3.05) is 39.2 Å². The zero-order valence-electron chi connectivity index (χ0n) is 21.2. The molecule has 1 aliphatic heterocycles. The summed E-state index contributed by atoms with van der Waals surface area (Å²) in [6, 6.07) is 11.7. The molecule has 7 nitrogen and oxygen atoms in total. The Hall–Kier alpha value is -2.97. The van der Waals surface area contributed by atoms with E-state index in [0.29, 0.717) is 49.7 Å². The maximum atomic E-state index is 13.8. The van der Waals surface area contributed by atoms with Gasteiger partial charge in [-0.1, -0.05) is 26.0 Å². The van der Waals surface area contributed by atoms with Crippen LogP contribution in [0.5, 0.6) is 5.75 Å². The number of rotatable bonds is 5. The van der Waals surface area contributed by atoms with Crippen LogP contribution >= 0.6 is 0 Å². The van der Waals surface area contributed by atoms with Crippen LogP contribution in [0.15, 0.2) is 42.5 Å². The molecule has 0 bridgehead atoms. The summed E-state index contributed by atoms with van der Waals surface area (Å²) in [5.41, 5.74) is 1.88. The molecule has 0 saturated heterocycles. The minimum Gasteiger partial charge on any atom is -0.491 e. The van der Waals surface area contributed by atoms with Crippen LogP contribution < -0.4 is 10.1 Å². The lowest BCUT2D eigenvalue weighted by molar-refractivity contribution is -0.115. The Kier molecular flexibility index (Phi) is 9.23. The lowest BCUT2D eigenvalue weighted by Crippen LogP contribution is -2.46. The lowest BCUT2D eigenvalue weighted by Gasteiger charge is -2.36. The van der Waals surface area contributed by atoms with E-state index in [1.54, 1.807) is 56.3 Å². The first-order valence-electron chi connectivity index (χ1n) is 12.0. The van der Waals surface area contributed by atoms with E-state index in [2.05, 4.69) is 24.1 Å². The Morgan fingerprint density at radius 2 is 1.97 bits per heavy atom. The number of amides is 2. The standard InChI is InChI=1S/C27H36FN3O4/c1-6-26(32)29-22-10-11-23-24(13-22)35-17-19(3)31(15-20-8-7-9-21(28)12-20)14-18(2)25(34-5)16-30(4)27(23)33/h7-13,18-19,25H,6,14-17H2,1-5H3,(H,29,32)/t18-,19-,25-/m1/s1. The first kappa shape index (κ1) is 26.6. The van der Waals surface area contributed by atoms with Crippen LogP contribution in [0.4, 0.5) is 10.1 Å². The van der Waals surface area contributed by atoms with Gasteiger partial charge in [-0.05, 0) is 42.7 Å². The molecule has 1 aliphatic rings. The summed E-state index contributed by atoms with van der Waals surface area (Å²) in [6.45, 7) is 7.89. The maximum absolute atomic E-state index is 13.8. The summed E-state index contributed by atoms with van der Waals surface area (Å²) >= 11 is 0. The van der Waals surface area contributed by atoms with Crippen molar-refractivity contribution in [1.82, 2.24) is 9.80 Å². The van der Waals surface area contributed by atoms with Gasteiger partial charge in [-0.25, -0.2) is 4.39 Å². The van der Waals surface area contributed by atoms with Gasteiger partial charge >= 0.3 is 0 Å². The van der Waals surface area contributed by atoms with Crippen LogP contribution in [0.3, 0.4) is 0 Å². The van der Waals surface area contributed by atoms with Gasteiger partial charge in [0.2, 0.25) is 5.91 Å². The molecule has 0 radical (unpaired) electrons. The molecule has 0 fully saturated rings. The number of hydrogen-bond acceptors (Lipinski definition) is 5. The largest absolute Gasteiger partial charge is 0.491 e. The third-order valence-electron chi connectivity index (χ3n) is 6.46. The first-order valence-corrected chi connectivity index (χ1v) is 12.0. The highest BCUT2D eigenvalue weighted by atomic mass is 19.1. The molecule has 2 aromatic rings. The Morgan fingerprint density at radius 1 is 1.20 bits per heavy atom. The summed E-state index contributed by atoms with van der Waals surface area (Å²) in [4.78, 5) is 29.1. The second-order valence-corrected chi connectivity index (χ2v) is 9.27. The number of ether oxygens (including phenoxy) is 2. The van der Waals surface area contributed by atoms with Crippen molar-refractivity contribution in [3.05, 3.63) is 59.4 Å². The van der Waals surface area contributed by atoms with E-state index in [1.807, 2.05) is 6.07 Å². The Bertz CT molecular complexity index is 1030. The SMILES string of the molecule is CCC(=O)Nc1ccc2c(c1)OC[C@@H](C)N(Cc1cccc(F)c1)C[C@@H](C)[C@H](OC)CN(C)C2=O. The van der Waals surface area contributed by atoms with Crippen LogP contribution in [0.2, 0.25) is 0 Å². The number of hydrogen-bond donors (Lipinski definition) is 1. The van der Waals surface area contributed by atoms with Crippen molar-refractivity contribution < 1.29 is 23.5 Å². The topological polar surface area (TPSA) is 71.1 Å². The maximum Gasteiger partial charge on any atom is 0.257 e. The predicted octanol–water partition coefficient (Wildman–Crippen LogP) is 4.18. The highest BCUT2D eigenvalue weighted by Crippen LogP contribution is 2.27. The molecule has 2 amide bonds. The molecule has 0 aromatic heterocycles. The number of fused-ring (bicyclic) bond motifs is 1. The number of methoxy groups -OCH3 is 1. The number of nitrogens with zero attached hydrogens (tertiary/aromatic N) is 2. The van der Waals surface area contributed by atoms with E-state index < -0.39 is 0 Å². The molecule has 3 atom stereocenters. The number of benzene rings is 2.